The van der Waals surface area contributed by atoms with Crippen molar-refractivity contribution >= 4 is 33.0 Å². The molecule has 0 N–H and O–H groups in total. The molecule has 1 rings (SSSR count). The average Bonchev–Trinajstić information content (AvgIpc) is 2.43. The minimum absolute atomic E-state index is 0.278. The van der Waals surface area contributed by atoms with Crippen LogP contribution >= 0.6 is 27.3 Å². The van der Waals surface area contributed by atoms with Gasteiger partial charge in [0.1, 0.15) is 0 Å². The Labute approximate surface area is 91.3 Å². The van der Waals surface area contributed by atoms with Gasteiger partial charge >= 0.3 is 0 Å². The Morgan fingerprint density at radius 3 is 2.77 bits per heavy atom. The van der Waals surface area contributed by atoms with Crippen LogP contribution in [-0.4, -0.2) is 5.78 Å². The summed E-state index contributed by atoms with van der Waals surface area (Å²) in [6.45, 7) is 4.11. The summed E-state index contributed by atoms with van der Waals surface area (Å²) in [5.41, 5.74) is 1.16. The molecule has 0 saturated heterocycles. The first kappa shape index (κ1) is 10.9. The summed E-state index contributed by atoms with van der Waals surface area (Å²) in [5, 5.41) is 0. The van der Waals surface area contributed by atoms with Gasteiger partial charge in [-0.05, 0) is 40.9 Å². The first-order chi connectivity index (χ1) is 6.15. The van der Waals surface area contributed by atoms with Gasteiger partial charge in [-0.2, -0.15) is 0 Å². The largest absolute Gasteiger partial charge is 0.293 e. The van der Waals surface area contributed by atoms with Crippen LogP contribution in [0.1, 0.15) is 41.4 Å². The van der Waals surface area contributed by atoms with Gasteiger partial charge in [0.15, 0.2) is 5.78 Å². The second-order valence-electron chi connectivity index (χ2n) is 3.09. The van der Waals surface area contributed by atoms with Crippen molar-refractivity contribution in [2.24, 2.45) is 0 Å². The third kappa shape index (κ3) is 2.92. The van der Waals surface area contributed by atoms with Crippen LogP contribution in [0.2, 0.25) is 0 Å². The number of carbonyl (C=O) groups is 1. The number of ketones is 1. The van der Waals surface area contributed by atoms with Crippen molar-refractivity contribution in [3.63, 3.8) is 0 Å². The van der Waals surface area contributed by atoms with Crippen molar-refractivity contribution in [2.45, 2.75) is 33.1 Å². The lowest BCUT2D eigenvalue weighted by molar-refractivity contribution is 0.0983. The van der Waals surface area contributed by atoms with E-state index in [4.69, 9.17) is 0 Å². The number of hydrogen-bond acceptors (Lipinski definition) is 2. The molecule has 1 heterocycles. The Bertz CT molecular complexity index is 284. The molecule has 0 aromatic carbocycles. The van der Waals surface area contributed by atoms with Crippen LogP contribution in [0.15, 0.2) is 9.85 Å². The Morgan fingerprint density at radius 2 is 2.31 bits per heavy atom. The fraction of sp³-hybridized carbons (Fsp3) is 0.500. The molecule has 1 aromatic heterocycles. The standard InChI is InChI=1S/C10H13BrOS/c1-3-4-5-8(12)9-6-7(2)10(11)13-9/h6H,3-5H2,1-2H3. The molecule has 0 aliphatic rings. The molecule has 0 spiro atoms. The number of carbonyl (C=O) groups excluding carboxylic acids is 1. The lowest BCUT2D eigenvalue weighted by Gasteiger charge is -1.93. The van der Waals surface area contributed by atoms with Crippen LogP contribution in [-0.2, 0) is 0 Å². The molecule has 0 unspecified atom stereocenters. The molecule has 0 aliphatic heterocycles. The maximum Gasteiger partial charge on any atom is 0.172 e. The smallest absolute Gasteiger partial charge is 0.172 e. The molecule has 0 amide bonds. The fourth-order valence-electron chi connectivity index (χ4n) is 1.06. The molecule has 13 heavy (non-hydrogen) atoms. The van der Waals surface area contributed by atoms with Gasteiger partial charge in [0, 0.05) is 6.42 Å². The number of hydrogen-bond donors (Lipinski definition) is 0. The summed E-state index contributed by atoms with van der Waals surface area (Å²) in [5.74, 6) is 0.278. The number of halogens is 1. The molecule has 0 fully saturated rings. The van der Waals surface area contributed by atoms with Crippen molar-refractivity contribution < 1.29 is 4.79 Å². The van der Waals surface area contributed by atoms with Crippen molar-refractivity contribution in [1.82, 2.24) is 0 Å². The summed E-state index contributed by atoms with van der Waals surface area (Å²) in [6, 6.07) is 1.97. The highest BCUT2D eigenvalue weighted by molar-refractivity contribution is 9.11. The van der Waals surface area contributed by atoms with E-state index in [1.54, 1.807) is 11.3 Å². The highest BCUT2D eigenvalue weighted by Gasteiger charge is 2.09. The molecule has 3 heteroatoms. The van der Waals surface area contributed by atoms with E-state index in [1.165, 1.54) is 0 Å². The highest BCUT2D eigenvalue weighted by atomic mass is 79.9. The molecular weight excluding hydrogens is 248 g/mol. The van der Waals surface area contributed by atoms with Crippen LogP contribution in [0.3, 0.4) is 0 Å². The topological polar surface area (TPSA) is 17.1 Å². The predicted octanol–water partition coefficient (Wildman–Crippen LogP) is 4.19. The van der Waals surface area contributed by atoms with E-state index >= 15 is 0 Å². The van der Waals surface area contributed by atoms with Crippen molar-refractivity contribution in [3.05, 3.63) is 20.3 Å². The molecule has 1 nitrogen and oxygen atoms in total. The third-order valence-corrected chi connectivity index (χ3v) is 4.07. The maximum absolute atomic E-state index is 11.6. The first-order valence-corrected chi connectivity index (χ1v) is 6.05. The van der Waals surface area contributed by atoms with Gasteiger partial charge in [-0.25, -0.2) is 0 Å². The van der Waals surface area contributed by atoms with Crippen LogP contribution in [0.5, 0.6) is 0 Å². The zero-order chi connectivity index (χ0) is 9.84. The van der Waals surface area contributed by atoms with E-state index in [1.807, 2.05) is 13.0 Å². The van der Waals surface area contributed by atoms with E-state index in [0.717, 1.165) is 27.1 Å². The fourth-order valence-corrected chi connectivity index (χ4v) is 2.56. The molecule has 0 saturated carbocycles. The molecule has 0 aliphatic carbocycles. The Hall–Kier alpha value is -0.150. The molecule has 72 valence electrons. The number of unbranched alkanes of at least 4 members (excludes halogenated alkanes) is 1. The Balaban J connectivity index is 2.66. The second kappa shape index (κ2) is 4.91. The van der Waals surface area contributed by atoms with Crippen molar-refractivity contribution in [2.75, 3.05) is 0 Å². The molecule has 0 bridgehead atoms. The summed E-state index contributed by atoms with van der Waals surface area (Å²) < 4.78 is 1.08. The van der Waals surface area contributed by atoms with Gasteiger partial charge in [0.05, 0.1) is 8.66 Å². The van der Waals surface area contributed by atoms with E-state index in [0.29, 0.717) is 6.42 Å². The normalized spacial score (nSPS) is 10.4. The van der Waals surface area contributed by atoms with Gasteiger partial charge in [-0.1, -0.05) is 13.3 Å². The lowest BCUT2D eigenvalue weighted by Crippen LogP contribution is -1.94. The summed E-state index contributed by atoms with van der Waals surface area (Å²) in [6.07, 6.45) is 2.76. The van der Waals surface area contributed by atoms with Gasteiger partial charge in [0.25, 0.3) is 0 Å². The number of thiophene rings is 1. The van der Waals surface area contributed by atoms with Gasteiger partial charge in [0.2, 0.25) is 0 Å². The summed E-state index contributed by atoms with van der Waals surface area (Å²) in [4.78, 5) is 12.4. The second-order valence-corrected chi connectivity index (χ2v) is 5.46. The van der Waals surface area contributed by atoms with Crippen LogP contribution in [0.25, 0.3) is 0 Å². The Morgan fingerprint density at radius 1 is 1.62 bits per heavy atom. The van der Waals surface area contributed by atoms with Crippen molar-refractivity contribution in [3.8, 4) is 0 Å². The van der Waals surface area contributed by atoms with E-state index in [-0.39, 0.29) is 5.78 Å². The van der Waals surface area contributed by atoms with Crippen molar-refractivity contribution in [1.29, 1.82) is 0 Å². The number of rotatable bonds is 4. The van der Waals surface area contributed by atoms with Gasteiger partial charge < -0.3 is 0 Å². The number of aryl methyl sites for hydroxylation is 1. The van der Waals surface area contributed by atoms with Crippen LogP contribution in [0.4, 0.5) is 0 Å². The Kier molecular flexibility index (Phi) is 4.13. The summed E-state index contributed by atoms with van der Waals surface area (Å²) in [7, 11) is 0. The monoisotopic (exact) mass is 260 g/mol. The van der Waals surface area contributed by atoms with E-state index < -0.39 is 0 Å². The SMILES string of the molecule is CCCCC(=O)c1cc(C)c(Br)s1. The summed E-state index contributed by atoms with van der Waals surface area (Å²) >= 11 is 4.96. The minimum atomic E-state index is 0.278. The molecule has 0 atom stereocenters. The predicted molar refractivity (Wildman–Crippen MR) is 60.6 cm³/mol. The maximum atomic E-state index is 11.6. The highest BCUT2D eigenvalue weighted by Crippen LogP contribution is 2.28. The minimum Gasteiger partial charge on any atom is -0.293 e. The lowest BCUT2D eigenvalue weighted by atomic mass is 10.1. The molecular formula is C10H13BrOS. The van der Waals surface area contributed by atoms with Crippen LogP contribution < -0.4 is 0 Å². The molecule has 0 radical (unpaired) electrons. The molecule has 1 aromatic rings. The third-order valence-electron chi connectivity index (χ3n) is 1.89. The van der Waals surface area contributed by atoms with Gasteiger partial charge in [-0.3, -0.25) is 4.79 Å². The first-order valence-electron chi connectivity index (χ1n) is 4.44. The number of Topliss-reactive ketones (excluding diaryl/α,β-unsaturated/α-hetero) is 1. The average molecular weight is 261 g/mol. The quantitative estimate of drug-likeness (QED) is 0.742. The van der Waals surface area contributed by atoms with E-state index in [9.17, 15) is 4.79 Å². The van der Waals surface area contributed by atoms with E-state index in [2.05, 4.69) is 22.9 Å². The zero-order valence-electron chi connectivity index (χ0n) is 7.89. The van der Waals surface area contributed by atoms with Gasteiger partial charge in [-0.15, -0.1) is 11.3 Å². The zero-order valence-corrected chi connectivity index (χ0v) is 10.3. The van der Waals surface area contributed by atoms with Crippen LogP contribution in [0, 0.1) is 6.92 Å².